The van der Waals surface area contributed by atoms with E-state index < -0.39 is 12.2 Å². The zero-order valence-corrected chi connectivity index (χ0v) is 17.4. The second-order valence-electron chi connectivity index (χ2n) is 7.50. The van der Waals surface area contributed by atoms with Gasteiger partial charge in [-0.2, -0.15) is 8.78 Å². The third kappa shape index (κ3) is 4.84. The molecule has 1 heterocycles. The lowest BCUT2D eigenvalue weighted by Crippen LogP contribution is -2.41. The summed E-state index contributed by atoms with van der Waals surface area (Å²) in [5, 5.41) is 0. The Morgan fingerprint density at radius 1 is 1.06 bits per heavy atom. The molecule has 0 spiro atoms. The molecule has 5 nitrogen and oxygen atoms in total. The number of aliphatic imine (C=N–C) groups is 1. The number of carbonyl (C=O) groups excluding carboxylic acids is 1. The Hall–Kier alpha value is -3.03. The molecular weight excluding hydrogens is 407 g/mol. The number of alkyl halides is 3. The first-order chi connectivity index (χ1) is 14.9. The predicted octanol–water partition coefficient (Wildman–Crippen LogP) is 4.39. The largest absolute Gasteiger partial charge is 0.435 e. The molecule has 8 heteroatoms. The van der Waals surface area contributed by atoms with Crippen LogP contribution in [0.15, 0.2) is 53.5 Å². The molecule has 1 atom stereocenters. The summed E-state index contributed by atoms with van der Waals surface area (Å²) in [4.78, 5) is 19.1. The molecule has 0 aromatic heterocycles. The average Bonchev–Trinajstić information content (AvgIpc) is 2.99. The van der Waals surface area contributed by atoms with E-state index in [-0.39, 0.29) is 24.3 Å². The number of halogens is 3. The van der Waals surface area contributed by atoms with Crippen molar-refractivity contribution in [3.05, 3.63) is 65.2 Å². The molecule has 1 aliphatic heterocycles. The SMILES string of the molecule is CN1C(=O)C(c2ccc(OC(F)F)cc2)(c2cccc(CCCCCCF)c2)N=C1N. The molecule has 0 aliphatic carbocycles. The summed E-state index contributed by atoms with van der Waals surface area (Å²) in [6.07, 6.45) is 4.05. The molecule has 0 saturated heterocycles. The Kier molecular flexibility index (Phi) is 7.20. The van der Waals surface area contributed by atoms with Gasteiger partial charge in [0.25, 0.3) is 5.91 Å². The van der Waals surface area contributed by atoms with Gasteiger partial charge < -0.3 is 10.5 Å². The van der Waals surface area contributed by atoms with E-state index >= 15 is 0 Å². The maximum Gasteiger partial charge on any atom is 0.387 e. The van der Waals surface area contributed by atoms with Crippen LogP contribution in [0.2, 0.25) is 0 Å². The van der Waals surface area contributed by atoms with Gasteiger partial charge in [0.2, 0.25) is 0 Å². The summed E-state index contributed by atoms with van der Waals surface area (Å²) in [5.74, 6) is -0.256. The highest BCUT2D eigenvalue weighted by atomic mass is 19.3. The zero-order chi connectivity index (χ0) is 22.4. The summed E-state index contributed by atoms with van der Waals surface area (Å²) in [7, 11) is 1.55. The Morgan fingerprint density at radius 2 is 1.77 bits per heavy atom. The van der Waals surface area contributed by atoms with Gasteiger partial charge in [-0.3, -0.25) is 14.1 Å². The third-order valence-corrected chi connectivity index (χ3v) is 5.43. The smallest absolute Gasteiger partial charge is 0.387 e. The van der Waals surface area contributed by atoms with E-state index in [9.17, 15) is 18.0 Å². The van der Waals surface area contributed by atoms with Gasteiger partial charge in [-0.1, -0.05) is 49.2 Å². The van der Waals surface area contributed by atoms with Crippen molar-refractivity contribution in [1.82, 2.24) is 4.90 Å². The lowest BCUT2D eigenvalue weighted by Gasteiger charge is -2.26. The first-order valence-corrected chi connectivity index (χ1v) is 10.2. The van der Waals surface area contributed by atoms with Crippen LogP contribution in [0.5, 0.6) is 5.75 Å². The van der Waals surface area contributed by atoms with Gasteiger partial charge in [-0.15, -0.1) is 0 Å². The Morgan fingerprint density at radius 3 is 2.39 bits per heavy atom. The molecule has 0 bridgehead atoms. The predicted molar refractivity (Wildman–Crippen MR) is 113 cm³/mol. The number of carbonyl (C=O) groups is 1. The van der Waals surface area contributed by atoms with Gasteiger partial charge in [0.05, 0.1) is 6.67 Å². The van der Waals surface area contributed by atoms with Crippen LogP contribution in [0.3, 0.4) is 0 Å². The lowest BCUT2D eigenvalue weighted by molar-refractivity contribution is -0.129. The molecule has 1 unspecified atom stereocenters. The molecule has 166 valence electrons. The second kappa shape index (κ2) is 9.85. The van der Waals surface area contributed by atoms with E-state index in [4.69, 9.17) is 5.73 Å². The summed E-state index contributed by atoms with van der Waals surface area (Å²) < 4.78 is 41.7. The standard InChI is InChI=1S/C23H26F3N3O2/c1-29-20(30)23(28-22(29)27,17-10-12-19(13-11-17)31-21(25)26)18-9-6-8-16(15-18)7-4-2-3-5-14-24/h6,8-13,15,21H,2-5,7,14H2,1H3,(H2,27,28). The van der Waals surface area contributed by atoms with E-state index in [1.54, 1.807) is 19.2 Å². The number of hydrogen-bond acceptors (Lipinski definition) is 4. The van der Waals surface area contributed by atoms with Crippen molar-refractivity contribution < 1.29 is 22.7 Å². The fraction of sp³-hybridized carbons (Fsp3) is 0.391. The number of rotatable bonds is 10. The highest BCUT2D eigenvalue weighted by Gasteiger charge is 2.49. The van der Waals surface area contributed by atoms with Crippen molar-refractivity contribution in [1.29, 1.82) is 0 Å². The molecule has 1 aliphatic rings. The molecule has 0 saturated carbocycles. The molecule has 2 N–H and O–H groups in total. The lowest BCUT2D eigenvalue weighted by atomic mass is 9.82. The van der Waals surface area contributed by atoms with Gasteiger partial charge >= 0.3 is 6.61 Å². The van der Waals surface area contributed by atoms with Gasteiger partial charge in [0, 0.05) is 7.05 Å². The number of nitrogens with zero attached hydrogens (tertiary/aromatic N) is 2. The van der Waals surface area contributed by atoms with Crippen molar-refractivity contribution in [3.8, 4) is 5.75 Å². The number of nitrogens with two attached hydrogens (primary N) is 1. The van der Waals surface area contributed by atoms with Gasteiger partial charge in [0.1, 0.15) is 5.75 Å². The van der Waals surface area contributed by atoms with Crippen LogP contribution in [0, 0.1) is 0 Å². The third-order valence-electron chi connectivity index (χ3n) is 5.43. The van der Waals surface area contributed by atoms with Gasteiger partial charge in [0.15, 0.2) is 11.5 Å². The normalized spacial score (nSPS) is 18.5. The number of ether oxygens (including phenoxy) is 1. The van der Waals surface area contributed by atoms with Crippen molar-refractivity contribution in [3.63, 3.8) is 0 Å². The number of amides is 1. The molecule has 0 radical (unpaired) electrons. The number of hydrogen-bond donors (Lipinski definition) is 1. The quantitative estimate of drug-likeness (QED) is 0.565. The van der Waals surface area contributed by atoms with Crippen molar-refractivity contribution >= 4 is 11.9 Å². The molecular formula is C23H26F3N3O2. The average molecular weight is 433 g/mol. The van der Waals surface area contributed by atoms with Crippen LogP contribution >= 0.6 is 0 Å². The van der Waals surface area contributed by atoms with Crippen LogP contribution in [-0.2, 0) is 16.8 Å². The second-order valence-corrected chi connectivity index (χ2v) is 7.50. The maximum absolute atomic E-state index is 13.3. The van der Waals surface area contributed by atoms with Crippen LogP contribution < -0.4 is 10.5 Å². The van der Waals surface area contributed by atoms with E-state index in [1.165, 1.54) is 17.0 Å². The summed E-state index contributed by atoms with van der Waals surface area (Å²) in [6.45, 7) is -3.23. The highest BCUT2D eigenvalue weighted by molar-refractivity contribution is 6.08. The minimum absolute atomic E-state index is 0.00770. The first-order valence-electron chi connectivity index (χ1n) is 10.2. The zero-order valence-electron chi connectivity index (χ0n) is 17.4. The fourth-order valence-corrected chi connectivity index (χ4v) is 3.79. The van der Waals surface area contributed by atoms with E-state index in [0.717, 1.165) is 31.2 Å². The summed E-state index contributed by atoms with van der Waals surface area (Å²) in [5.41, 5.74) is 6.77. The molecule has 3 rings (SSSR count). The van der Waals surface area contributed by atoms with Crippen LogP contribution in [0.25, 0.3) is 0 Å². The van der Waals surface area contributed by atoms with Crippen molar-refractivity contribution in [2.75, 3.05) is 13.7 Å². The highest BCUT2D eigenvalue weighted by Crippen LogP contribution is 2.40. The monoisotopic (exact) mass is 433 g/mol. The Labute approximate surface area is 179 Å². The van der Waals surface area contributed by atoms with E-state index in [0.29, 0.717) is 17.5 Å². The molecule has 31 heavy (non-hydrogen) atoms. The Balaban J connectivity index is 1.94. The van der Waals surface area contributed by atoms with Crippen LogP contribution in [0.1, 0.15) is 42.4 Å². The van der Waals surface area contributed by atoms with Crippen molar-refractivity contribution in [2.45, 2.75) is 44.3 Å². The molecule has 2 aromatic carbocycles. The number of guanidine groups is 1. The molecule has 1 amide bonds. The molecule has 0 fully saturated rings. The van der Waals surface area contributed by atoms with Gasteiger partial charge in [-0.05, 0) is 48.1 Å². The van der Waals surface area contributed by atoms with E-state index in [2.05, 4.69) is 9.73 Å². The number of likely N-dealkylation sites (N-methyl/N-ethyl adjacent to an activating group) is 1. The molecule has 2 aromatic rings. The topological polar surface area (TPSA) is 67.9 Å². The Bertz CT molecular complexity index is 934. The minimum Gasteiger partial charge on any atom is -0.435 e. The maximum atomic E-state index is 13.3. The van der Waals surface area contributed by atoms with Crippen LogP contribution in [0.4, 0.5) is 13.2 Å². The number of unbranched alkanes of at least 4 members (excludes halogenated alkanes) is 3. The first kappa shape index (κ1) is 22.7. The van der Waals surface area contributed by atoms with Crippen LogP contribution in [-0.4, -0.2) is 37.1 Å². The fourth-order valence-electron chi connectivity index (χ4n) is 3.79. The van der Waals surface area contributed by atoms with Crippen molar-refractivity contribution in [2.24, 2.45) is 10.7 Å². The van der Waals surface area contributed by atoms with E-state index in [1.807, 2.05) is 24.3 Å². The number of aryl methyl sites for hydroxylation is 1. The summed E-state index contributed by atoms with van der Waals surface area (Å²) >= 11 is 0. The van der Waals surface area contributed by atoms with Gasteiger partial charge in [-0.25, -0.2) is 4.99 Å². The summed E-state index contributed by atoms with van der Waals surface area (Å²) in [6, 6.07) is 13.4. The minimum atomic E-state index is -2.94. The number of benzene rings is 2.